The second-order valence-corrected chi connectivity index (χ2v) is 4.78. The van der Waals surface area contributed by atoms with Crippen LogP contribution in [0.2, 0.25) is 5.02 Å². The molecule has 2 heteroatoms. The van der Waals surface area contributed by atoms with E-state index in [1.54, 1.807) is 0 Å². The average Bonchev–Trinajstić information content (AvgIpc) is 2.48. The Bertz CT molecular complexity index is 404. The van der Waals surface area contributed by atoms with Crippen LogP contribution in [-0.2, 0) is 6.42 Å². The smallest absolute Gasteiger partial charge is 0.0442 e. The molecule has 0 nitrogen and oxygen atoms in total. The first-order valence-electron chi connectivity index (χ1n) is 4.39. The van der Waals surface area contributed by atoms with Crippen LogP contribution >= 0.6 is 22.9 Å². The van der Waals surface area contributed by atoms with Crippen molar-refractivity contribution in [1.82, 2.24) is 0 Å². The van der Waals surface area contributed by atoms with Crippen LogP contribution in [0.1, 0.15) is 17.4 Å². The minimum Gasteiger partial charge on any atom is -0.140 e. The molecule has 0 saturated heterocycles. The van der Waals surface area contributed by atoms with Gasteiger partial charge in [0.1, 0.15) is 0 Å². The first-order chi connectivity index (χ1) is 6.20. The van der Waals surface area contributed by atoms with Crippen LogP contribution in [-0.4, -0.2) is 0 Å². The van der Waals surface area contributed by atoms with Crippen molar-refractivity contribution in [2.24, 2.45) is 0 Å². The molecule has 0 saturated carbocycles. The monoisotopic (exact) mass is 210 g/mol. The topological polar surface area (TPSA) is 0 Å². The molecule has 0 radical (unpaired) electrons. The van der Waals surface area contributed by atoms with Crippen molar-refractivity contribution in [2.45, 2.75) is 20.3 Å². The van der Waals surface area contributed by atoms with E-state index in [1.165, 1.54) is 20.5 Å². The Labute approximate surface area is 87.2 Å². The number of hydrogen-bond donors (Lipinski definition) is 0. The highest BCUT2D eigenvalue weighted by Gasteiger charge is 2.03. The van der Waals surface area contributed by atoms with E-state index in [9.17, 15) is 0 Å². The van der Waals surface area contributed by atoms with Crippen LogP contribution in [0.3, 0.4) is 0 Å². The zero-order chi connectivity index (χ0) is 9.42. The number of rotatable bonds is 1. The van der Waals surface area contributed by atoms with Gasteiger partial charge in [0.05, 0.1) is 0 Å². The quantitative estimate of drug-likeness (QED) is 0.654. The van der Waals surface area contributed by atoms with E-state index in [0.29, 0.717) is 0 Å². The van der Waals surface area contributed by atoms with E-state index < -0.39 is 0 Å². The fourth-order valence-electron chi connectivity index (χ4n) is 1.39. The number of halogens is 1. The summed E-state index contributed by atoms with van der Waals surface area (Å²) in [6.07, 6.45) is 1.11. The van der Waals surface area contributed by atoms with Crippen LogP contribution in [0.4, 0.5) is 0 Å². The van der Waals surface area contributed by atoms with Crippen LogP contribution in [0.15, 0.2) is 18.2 Å². The molecule has 0 aliphatic rings. The minimum absolute atomic E-state index is 0.868. The van der Waals surface area contributed by atoms with Crippen molar-refractivity contribution in [1.29, 1.82) is 0 Å². The van der Waals surface area contributed by atoms with Gasteiger partial charge in [0, 0.05) is 14.6 Å². The highest BCUT2D eigenvalue weighted by molar-refractivity contribution is 7.19. The molecule has 1 aromatic heterocycles. The molecule has 2 rings (SSSR count). The Kier molecular flexibility index (Phi) is 2.31. The fraction of sp³-hybridized carbons (Fsp3) is 0.273. The van der Waals surface area contributed by atoms with Crippen molar-refractivity contribution in [2.75, 3.05) is 0 Å². The Morgan fingerprint density at radius 1 is 1.31 bits per heavy atom. The predicted molar refractivity (Wildman–Crippen MR) is 61.0 cm³/mol. The van der Waals surface area contributed by atoms with E-state index in [0.717, 1.165) is 11.4 Å². The molecule has 1 heterocycles. The Morgan fingerprint density at radius 2 is 2.08 bits per heavy atom. The Hall–Kier alpha value is -0.530. The second kappa shape index (κ2) is 3.32. The van der Waals surface area contributed by atoms with Gasteiger partial charge in [0.25, 0.3) is 0 Å². The van der Waals surface area contributed by atoms with Gasteiger partial charge in [-0.15, -0.1) is 11.3 Å². The summed E-state index contributed by atoms with van der Waals surface area (Å²) in [5, 5.41) is 2.14. The summed E-state index contributed by atoms with van der Waals surface area (Å²) in [5.74, 6) is 0. The molecule has 0 spiro atoms. The van der Waals surface area contributed by atoms with Gasteiger partial charge < -0.3 is 0 Å². The number of aryl methyl sites for hydroxylation is 2. The lowest BCUT2D eigenvalue weighted by Gasteiger charge is -1.95. The Morgan fingerprint density at radius 3 is 2.77 bits per heavy atom. The first-order valence-corrected chi connectivity index (χ1v) is 5.58. The summed E-state index contributed by atoms with van der Waals surface area (Å²) in [5.41, 5.74) is 1.17. The summed E-state index contributed by atoms with van der Waals surface area (Å²) in [7, 11) is 0. The maximum absolute atomic E-state index is 6.04. The van der Waals surface area contributed by atoms with Gasteiger partial charge >= 0.3 is 0 Å². The van der Waals surface area contributed by atoms with Gasteiger partial charge in [-0.3, -0.25) is 0 Å². The normalized spacial score (nSPS) is 11.0. The lowest BCUT2D eigenvalue weighted by atomic mass is 10.2. The second-order valence-electron chi connectivity index (χ2n) is 3.21. The molecular formula is C11H11ClS. The van der Waals surface area contributed by atoms with Gasteiger partial charge in [-0.05, 0) is 42.5 Å². The van der Waals surface area contributed by atoms with E-state index in [1.807, 2.05) is 18.3 Å². The molecule has 68 valence electrons. The summed E-state index contributed by atoms with van der Waals surface area (Å²) in [6.45, 7) is 4.23. The Balaban J connectivity index is 2.70. The minimum atomic E-state index is 0.868. The highest BCUT2D eigenvalue weighted by Crippen LogP contribution is 2.30. The zero-order valence-electron chi connectivity index (χ0n) is 7.73. The van der Waals surface area contributed by atoms with Gasteiger partial charge in [-0.2, -0.15) is 0 Å². The molecule has 0 atom stereocenters. The third-order valence-corrected chi connectivity index (χ3v) is 3.85. The lowest BCUT2D eigenvalue weighted by molar-refractivity contribution is 1.19. The lowest BCUT2D eigenvalue weighted by Crippen LogP contribution is -1.72. The SMILES string of the molecule is CCc1cc2cc(Cl)c(C)cc2s1. The van der Waals surface area contributed by atoms with Crippen LogP contribution in [0, 0.1) is 6.92 Å². The molecule has 13 heavy (non-hydrogen) atoms. The van der Waals surface area contributed by atoms with Gasteiger partial charge in [-0.1, -0.05) is 18.5 Å². The number of hydrogen-bond acceptors (Lipinski definition) is 1. The predicted octanol–water partition coefficient (Wildman–Crippen LogP) is 4.43. The van der Waals surface area contributed by atoms with E-state index >= 15 is 0 Å². The van der Waals surface area contributed by atoms with Crippen molar-refractivity contribution in [3.63, 3.8) is 0 Å². The molecule has 0 unspecified atom stereocenters. The molecule has 0 fully saturated rings. The van der Waals surface area contributed by atoms with Crippen LogP contribution in [0.5, 0.6) is 0 Å². The highest BCUT2D eigenvalue weighted by atomic mass is 35.5. The summed E-state index contributed by atoms with van der Waals surface area (Å²) >= 11 is 7.91. The third-order valence-electron chi connectivity index (χ3n) is 2.20. The summed E-state index contributed by atoms with van der Waals surface area (Å²) < 4.78 is 1.35. The van der Waals surface area contributed by atoms with Crippen molar-refractivity contribution in [3.8, 4) is 0 Å². The summed E-state index contributed by atoms with van der Waals surface area (Å²) in [6, 6.07) is 6.45. The first kappa shape index (κ1) is 9.04. The fourth-order valence-corrected chi connectivity index (χ4v) is 2.65. The van der Waals surface area contributed by atoms with Crippen LogP contribution < -0.4 is 0 Å². The van der Waals surface area contributed by atoms with E-state index in [-0.39, 0.29) is 0 Å². The number of benzene rings is 1. The number of fused-ring (bicyclic) bond motifs is 1. The summed E-state index contributed by atoms with van der Waals surface area (Å²) in [4.78, 5) is 1.43. The maximum Gasteiger partial charge on any atom is 0.0442 e. The average molecular weight is 211 g/mol. The van der Waals surface area contributed by atoms with E-state index in [4.69, 9.17) is 11.6 Å². The largest absolute Gasteiger partial charge is 0.140 e. The van der Waals surface area contributed by atoms with Gasteiger partial charge in [0.15, 0.2) is 0 Å². The molecule has 0 amide bonds. The van der Waals surface area contributed by atoms with Gasteiger partial charge in [-0.25, -0.2) is 0 Å². The number of thiophene rings is 1. The molecule has 0 N–H and O–H groups in total. The molecular weight excluding hydrogens is 200 g/mol. The van der Waals surface area contributed by atoms with Crippen molar-refractivity contribution in [3.05, 3.63) is 33.7 Å². The third kappa shape index (κ3) is 1.59. The molecule has 1 aromatic carbocycles. The van der Waals surface area contributed by atoms with Gasteiger partial charge in [0.2, 0.25) is 0 Å². The molecule has 0 bridgehead atoms. The maximum atomic E-state index is 6.04. The zero-order valence-corrected chi connectivity index (χ0v) is 9.30. The van der Waals surface area contributed by atoms with Crippen LogP contribution in [0.25, 0.3) is 10.1 Å². The molecule has 2 aromatic rings. The van der Waals surface area contributed by atoms with Crippen molar-refractivity contribution < 1.29 is 0 Å². The standard InChI is InChI=1S/C11H11ClS/c1-3-9-5-8-6-10(12)7(2)4-11(8)13-9/h4-6H,3H2,1-2H3. The molecule has 0 aliphatic heterocycles. The van der Waals surface area contributed by atoms with E-state index in [2.05, 4.69) is 25.1 Å². The van der Waals surface area contributed by atoms with Crippen molar-refractivity contribution >= 4 is 33.0 Å². The molecule has 0 aliphatic carbocycles.